The molecule has 0 saturated carbocycles. The predicted molar refractivity (Wildman–Crippen MR) is 76.5 cm³/mol. The topological polar surface area (TPSA) is 43.4 Å². The van der Waals surface area contributed by atoms with E-state index in [2.05, 4.69) is 13.8 Å². The molecule has 0 aliphatic rings. The average molecular weight is 288 g/mol. The van der Waals surface area contributed by atoms with E-state index in [0.717, 1.165) is 17.7 Å². The van der Waals surface area contributed by atoms with Crippen molar-refractivity contribution in [2.75, 3.05) is 12.4 Å². The second-order valence-corrected chi connectivity index (χ2v) is 7.66. The molecule has 0 spiro atoms. The molecule has 0 unspecified atom stereocenters. The minimum Gasteiger partial charge on any atom is -0.266 e. The minimum absolute atomic E-state index is 0.226. The van der Waals surface area contributed by atoms with Gasteiger partial charge in [0, 0.05) is 0 Å². The molecule has 0 aliphatic heterocycles. The maximum Gasteiger partial charge on any atom is 0.296 e. The van der Waals surface area contributed by atoms with Gasteiger partial charge in [-0.1, -0.05) is 31.5 Å². The van der Waals surface area contributed by atoms with Crippen molar-refractivity contribution in [3.63, 3.8) is 0 Å². The molecule has 1 aromatic rings. The van der Waals surface area contributed by atoms with Gasteiger partial charge in [-0.2, -0.15) is 20.2 Å². The lowest BCUT2D eigenvalue weighted by atomic mass is 10.2. The first-order chi connectivity index (χ1) is 8.42. The van der Waals surface area contributed by atoms with Gasteiger partial charge < -0.3 is 0 Å². The molecule has 18 heavy (non-hydrogen) atoms. The zero-order chi connectivity index (χ0) is 13.6. The molecule has 0 bridgehead atoms. The summed E-state index contributed by atoms with van der Waals surface area (Å²) in [4.78, 5) is 0.226. The summed E-state index contributed by atoms with van der Waals surface area (Å²) in [6.07, 6.45) is 0.744. The van der Waals surface area contributed by atoms with Crippen molar-refractivity contribution in [2.24, 2.45) is 0 Å². The van der Waals surface area contributed by atoms with Gasteiger partial charge in [0.2, 0.25) is 0 Å². The molecule has 1 rings (SSSR count). The monoisotopic (exact) mass is 288 g/mol. The molecule has 5 heteroatoms. The van der Waals surface area contributed by atoms with E-state index in [0.29, 0.717) is 5.25 Å². The lowest BCUT2D eigenvalue weighted by Gasteiger charge is -2.07. The highest BCUT2D eigenvalue weighted by atomic mass is 32.2. The third-order valence-corrected chi connectivity index (χ3v) is 4.81. The van der Waals surface area contributed by atoms with Crippen LogP contribution in [0.2, 0.25) is 0 Å². The molecule has 0 radical (unpaired) electrons. The van der Waals surface area contributed by atoms with Crippen molar-refractivity contribution in [3.05, 3.63) is 29.8 Å². The summed E-state index contributed by atoms with van der Waals surface area (Å²) in [5, 5.41) is 0.568. The molecule has 0 saturated heterocycles. The Balaban J connectivity index is 2.43. The maximum atomic E-state index is 11.8. The Bertz CT molecular complexity index is 450. The van der Waals surface area contributed by atoms with Crippen LogP contribution in [-0.4, -0.2) is 26.0 Å². The van der Waals surface area contributed by atoms with Gasteiger partial charge in [-0.25, -0.2) is 0 Å². The maximum absolute atomic E-state index is 11.8. The highest BCUT2D eigenvalue weighted by Crippen LogP contribution is 2.15. The van der Waals surface area contributed by atoms with E-state index in [1.807, 2.05) is 6.92 Å². The minimum atomic E-state index is -3.59. The summed E-state index contributed by atoms with van der Waals surface area (Å²) in [5.41, 5.74) is 1.03. The molecular formula is C13H20O3S2. The SMILES string of the molecule is Cc1ccc(S(=O)(=O)OCCCSC(C)C)cc1. The number of hydrogen-bond donors (Lipinski definition) is 0. The highest BCUT2D eigenvalue weighted by molar-refractivity contribution is 7.99. The first-order valence-electron chi connectivity index (χ1n) is 5.99. The van der Waals surface area contributed by atoms with Crippen LogP contribution in [0.5, 0.6) is 0 Å². The van der Waals surface area contributed by atoms with Crippen molar-refractivity contribution in [2.45, 2.75) is 37.3 Å². The molecule has 0 amide bonds. The van der Waals surface area contributed by atoms with Crippen LogP contribution in [0.3, 0.4) is 0 Å². The number of aryl methyl sites for hydroxylation is 1. The molecule has 3 nitrogen and oxygen atoms in total. The normalized spacial score (nSPS) is 12.0. The average Bonchev–Trinajstić information content (AvgIpc) is 2.28. The van der Waals surface area contributed by atoms with Gasteiger partial charge >= 0.3 is 0 Å². The second-order valence-electron chi connectivity index (χ2n) is 4.36. The zero-order valence-corrected chi connectivity index (χ0v) is 12.7. The van der Waals surface area contributed by atoms with E-state index in [1.165, 1.54) is 0 Å². The number of rotatable bonds is 7. The number of benzene rings is 1. The molecule has 0 fully saturated rings. The summed E-state index contributed by atoms with van der Waals surface area (Å²) >= 11 is 1.80. The molecule has 0 atom stereocenters. The fourth-order valence-corrected chi connectivity index (χ4v) is 3.02. The van der Waals surface area contributed by atoms with Crippen molar-refractivity contribution in [1.82, 2.24) is 0 Å². The van der Waals surface area contributed by atoms with E-state index < -0.39 is 10.1 Å². The Labute approximate surface area is 114 Å². The third kappa shape index (κ3) is 5.42. The van der Waals surface area contributed by atoms with E-state index in [9.17, 15) is 8.42 Å². The van der Waals surface area contributed by atoms with E-state index in [-0.39, 0.29) is 11.5 Å². The van der Waals surface area contributed by atoms with Crippen LogP contribution in [0.15, 0.2) is 29.2 Å². The van der Waals surface area contributed by atoms with E-state index >= 15 is 0 Å². The van der Waals surface area contributed by atoms with Gasteiger partial charge in [0.1, 0.15) is 0 Å². The van der Waals surface area contributed by atoms with Gasteiger partial charge in [0.25, 0.3) is 10.1 Å². The largest absolute Gasteiger partial charge is 0.296 e. The first-order valence-corrected chi connectivity index (χ1v) is 8.45. The summed E-state index contributed by atoms with van der Waals surface area (Å²) in [6.45, 7) is 6.40. The quantitative estimate of drug-likeness (QED) is 0.571. The highest BCUT2D eigenvalue weighted by Gasteiger charge is 2.14. The fraction of sp³-hybridized carbons (Fsp3) is 0.538. The first kappa shape index (κ1) is 15.5. The molecule has 0 N–H and O–H groups in total. The summed E-state index contributed by atoms with van der Waals surface area (Å²) in [5.74, 6) is 0.918. The Morgan fingerprint density at radius 2 is 1.83 bits per heavy atom. The molecule has 102 valence electrons. The van der Waals surface area contributed by atoms with Gasteiger partial charge in [0.05, 0.1) is 11.5 Å². The van der Waals surface area contributed by atoms with Crippen molar-refractivity contribution in [3.8, 4) is 0 Å². The van der Waals surface area contributed by atoms with Crippen LogP contribution in [-0.2, 0) is 14.3 Å². The Hall–Kier alpha value is -0.520. The molecule has 0 aromatic heterocycles. The Morgan fingerprint density at radius 3 is 2.39 bits per heavy atom. The van der Waals surface area contributed by atoms with Crippen LogP contribution >= 0.6 is 11.8 Å². The second kappa shape index (κ2) is 7.16. The van der Waals surface area contributed by atoms with E-state index in [1.54, 1.807) is 36.0 Å². The number of hydrogen-bond acceptors (Lipinski definition) is 4. The summed E-state index contributed by atoms with van der Waals surface area (Å²) in [7, 11) is -3.59. The molecule has 0 heterocycles. The predicted octanol–water partition coefficient (Wildman–Crippen LogP) is 3.23. The van der Waals surface area contributed by atoms with Gasteiger partial charge in [-0.15, -0.1) is 0 Å². The van der Waals surface area contributed by atoms with Gasteiger partial charge in [-0.05, 0) is 36.5 Å². The summed E-state index contributed by atoms with van der Waals surface area (Å²) < 4.78 is 28.6. The van der Waals surface area contributed by atoms with Gasteiger partial charge in [0.15, 0.2) is 0 Å². The summed E-state index contributed by atoms with van der Waals surface area (Å²) in [6, 6.07) is 6.69. The molecule has 0 aliphatic carbocycles. The zero-order valence-electron chi connectivity index (χ0n) is 11.0. The van der Waals surface area contributed by atoms with Crippen LogP contribution < -0.4 is 0 Å². The third-order valence-electron chi connectivity index (χ3n) is 2.29. The molecule has 1 aromatic carbocycles. The van der Waals surface area contributed by atoms with E-state index in [4.69, 9.17) is 4.18 Å². The Kier molecular flexibility index (Phi) is 6.18. The molecular weight excluding hydrogens is 268 g/mol. The van der Waals surface area contributed by atoms with Crippen LogP contribution in [0.25, 0.3) is 0 Å². The Morgan fingerprint density at radius 1 is 1.22 bits per heavy atom. The lowest BCUT2D eigenvalue weighted by Crippen LogP contribution is -2.08. The van der Waals surface area contributed by atoms with Crippen molar-refractivity contribution >= 4 is 21.9 Å². The van der Waals surface area contributed by atoms with Crippen molar-refractivity contribution in [1.29, 1.82) is 0 Å². The van der Waals surface area contributed by atoms with Gasteiger partial charge in [-0.3, -0.25) is 4.18 Å². The smallest absolute Gasteiger partial charge is 0.266 e. The number of thioether (sulfide) groups is 1. The van der Waals surface area contributed by atoms with Crippen LogP contribution in [0, 0.1) is 6.92 Å². The van der Waals surface area contributed by atoms with Crippen LogP contribution in [0.1, 0.15) is 25.8 Å². The van der Waals surface area contributed by atoms with Crippen LogP contribution in [0.4, 0.5) is 0 Å². The lowest BCUT2D eigenvalue weighted by molar-refractivity contribution is 0.319. The standard InChI is InChI=1S/C13H20O3S2/c1-11(2)17-10-4-9-16-18(14,15)13-7-5-12(3)6-8-13/h5-8,11H,4,9-10H2,1-3H3. The fourth-order valence-electron chi connectivity index (χ4n) is 1.32. The van der Waals surface area contributed by atoms with Crippen molar-refractivity contribution < 1.29 is 12.6 Å².